The van der Waals surface area contributed by atoms with Crippen molar-refractivity contribution in [2.75, 3.05) is 60.6 Å². The first kappa shape index (κ1) is 31.5. The molecule has 0 aromatic heterocycles. The number of carboxylic acids is 1. The molecule has 0 aromatic carbocycles. The van der Waals surface area contributed by atoms with E-state index in [2.05, 4.69) is 6.92 Å². The molecular weight excluding hydrogens is 404 g/mol. The third-order valence-corrected chi connectivity index (χ3v) is 5.69. The van der Waals surface area contributed by atoms with E-state index in [0.29, 0.717) is 21.9 Å². The molecule has 0 bridgehead atoms. The van der Waals surface area contributed by atoms with E-state index in [4.69, 9.17) is 0 Å². The molecule has 0 aliphatic rings. The van der Waals surface area contributed by atoms with Gasteiger partial charge in [0.25, 0.3) is 0 Å². The summed E-state index contributed by atoms with van der Waals surface area (Å²) in [6.45, 7) is 4.02. The molecule has 0 amide bonds. The zero-order valence-corrected chi connectivity index (χ0v) is 21.3. The van der Waals surface area contributed by atoms with E-state index < -0.39 is 16.1 Å². The smallest absolute Gasteiger partial charge is 0.119 e. The Labute approximate surface area is 186 Å². The van der Waals surface area contributed by atoms with Gasteiger partial charge in [-0.1, -0.05) is 58.3 Å². The maximum absolute atomic E-state index is 10.6. The van der Waals surface area contributed by atoms with Gasteiger partial charge >= 0.3 is 0 Å². The molecule has 0 saturated heterocycles. The Balaban J connectivity index is 0. The molecule has 182 valence electrons. The maximum Gasteiger partial charge on any atom is 0.119 e. The van der Waals surface area contributed by atoms with Crippen molar-refractivity contribution in [2.45, 2.75) is 77.6 Å². The molecule has 0 aliphatic heterocycles. The fraction of sp³-hybridized carbons (Fsp3) is 0.955. The van der Waals surface area contributed by atoms with E-state index in [1.807, 2.05) is 35.2 Å². The largest absolute Gasteiger partial charge is 0.748 e. The number of carbonyl (C=O) groups is 1. The van der Waals surface area contributed by atoms with Crippen molar-refractivity contribution in [1.82, 2.24) is 0 Å². The average Bonchev–Trinajstić information content (AvgIpc) is 2.53. The van der Waals surface area contributed by atoms with Gasteiger partial charge in [-0.25, -0.2) is 8.42 Å². The lowest BCUT2D eigenvalue weighted by Gasteiger charge is -2.30. The predicted molar refractivity (Wildman–Crippen MR) is 121 cm³/mol. The van der Waals surface area contributed by atoms with Crippen molar-refractivity contribution in [2.24, 2.45) is 0 Å². The van der Waals surface area contributed by atoms with E-state index in [1.165, 1.54) is 57.8 Å². The van der Waals surface area contributed by atoms with Gasteiger partial charge < -0.3 is 23.4 Å². The van der Waals surface area contributed by atoms with Gasteiger partial charge in [-0.3, -0.25) is 0 Å². The van der Waals surface area contributed by atoms with Gasteiger partial charge in [0.1, 0.15) is 6.54 Å². The Morgan fingerprint density at radius 2 is 1.17 bits per heavy atom. The molecule has 0 radical (unpaired) electrons. The number of carboxylic acid groups (broad SMARTS) is 1. The molecule has 7 nitrogen and oxygen atoms in total. The van der Waals surface area contributed by atoms with Gasteiger partial charge in [0.05, 0.1) is 64.4 Å². The molecule has 0 atom stereocenters. The second kappa shape index (κ2) is 16.9. The number of hydrogen-bond donors (Lipinski definition) is 0. The molecule has 0 saturated carbocycles. The van der Waals surface area contributed by atoms with Crippen LogP contribution in [-0.4, -0.2) is 88.5 Å². The topological polar surface area (TPSA) is 97.3 Å². The van der Waals surface area contributed by atoms with Gasteiger partial charge in [0, 0.05) is 12.2 Å². The molecule has 0 rings (SSSR count). The Morgan fingerprint density at radius 3 is 1.53 bits per heavy atom. The summed E-state index contributed by atoms with van der Waals surface area (Å²) in [4.78, 5) is 10.6. The van der Waals surface area contributed by atoms with Crippen LogP contribution in [0.25, 0.3) is 0 Å². The first-order valence-corrected chi connectivity index (χ1v) is 13.0. The molecule has 30 heavy (non-hydrogen) atoms. The monoisotopic (exact) mass is 452 g/mol. The summed E-state index contributed by atoms with van der Waals surface area (Å²) in [5.41, 5.74) is 0. The molecule has 0 heterocycles. The number of unbranched alkanes of at least 4 members (excludes halogenated alkanes) is 9. The minimum atomic E-state index is -4.01. The number of hydrogen-bond acceptors (Lipinski definition) is 5. The Kier molecular flexibility index (Phi) is 17.8. The van der Waals surface area contributed by atoms with E-state index in [1.54, 1.807) is 0 Å². The van der Waals surface area contributed by atoms with E-state index in [0.717, 1.165) is 13.0 Å². The van der Waals surface area contributed by atoms with Crippen molar-refractivity contribution >= 4 is 16.1 Å². The first-order chi connectivity index (χ1) is 13.7. The number of quaternary nitrogens is 2. The average molecular weight is 453 g/mol. The van der Waals surface area contributed by atoms with Crippen molar-refractivity contribution < 1.29 is 31.8 Å². The molecule has 0 spiro atoms. The number of aliphatic carboxylic acids is 1. The van der Waals surface area contributed by atoms with Crippen molar-refractivity contribution in [3.63, 3.8) is 0 Å². The van der Waals surface area contributed by atoms with Crippen LogP contribution in [0.1, 0.15) is 77.6 Å². The lowest BCUT2D eigenvalue weighted by Crippen LogP contribution is -2.48. The predicted octanol–water partition coefficient (Wildman–Crippen LogP) is 2.36. The van der Waals surface area contributed by atoms with E-state index in [-0.39, 0.29) is 12.3 Å². The van der Waals surface area contributed by atoms with Crippen LogP contribution in [0.4, 0.5) is 0 Å². The maximum atomic E-state index is 10.6. The number of carbonyl (C=O) groups excluding carboxylic acids is 1. The second-order valence-corrected chi connectivity index (χ2v) is 11.5. The number of likely N-dealkylation sites (N-methyl/N-ethyl adjacent to an activating group) is 1. The molecule has 0 aromatic rings. The fourth-order valence-corrected chi connectivity index (χ4v) is 3.65. The standard InChI is InChI=1S/C16H33NO2.C6H15NO3S/c1-4-5-6-7-8-9-10-11-12-13-14-17(2,3)15-16(18)19;1-7(2,3)5-4-6-11(8,9)10/h4-15H2,1-3H3;4-6H2,1-3H3. The Bertz CT molecular complexity index is 528. The van der Waals surface area contributed by atoms with Crippen LogP contribution in [0.15, 0.2) is 0 Å². The first-order valence-electron chi connectivity index (χ1n) is 11.4. The highest BCUT2D eigenvalue weighted by Gasteiger charge is 2.14. The van der Waals surface area contributed by atoms with Crippen molar-refractivity contribution in [1.29, 1.82) is 0 Å². The summed E-state index contributed by atoms with van der Waals surface area (Å²) < 4.78 is 31.7. The Morgan fingerprint density at radius 1 is 0.733 bits per heavy atom. The normalized spacial score (nSPS) is 12.4. The summed E-state index contributed by atoms with van der Waals surface area (Å²) >= 11 is 0. The third kappa shape index (κ3) is 29.5. The van der Waals surface area contributed by atoms with Crippen LogP contribution in [0.3, 0.4) is 0 Å². The summed E-state index contributed by atoms with van der Waals surface area (Å²) in [7, 11) is 5.78. The lowest BCUT2D eigenvalue weighted by atomic mass is 10.1. The molecule has 0 unspecified atom stereocenters. The van der Waals surface area contributed by atoms with Crippen molar-refractivity contribution in [3.8, 4) is 0 Å². The zero-order chi connectivity index (χ0) is 23.7. The van der Waals surface area contributed by atoms with Crippen LogP contribution in [0.5, 0.6) is 0 Å². The molecule has 0 aliphatic carbocycles. The van der Waals surface area contributed by atoms with Crippen molar-refractivity contribution in [3.05, 3.63) is 0 Å². The van der Waals surface area contributed by atoms with Crippen LogP contribution in [0, 0.1) is 0 Å². The van der Waals surface area contributed by atoms with Gasteiger partial charge in [0.2, 0.25) is 0 Å². The number of nitrogens with zero attached hydrogens (tertiary/aromatic N) is 2. The molecule has 8 heteroatoms. The van der Waals surface area contributed by atoms with Gasteiger partial charge in [-0.05, 0) is 12.8 Å². The van der Waals surface area contributed by atoms with E-state index in [9.17, 15) is 22.9 Å². The molecule has 0 N–H and O–H groups in total. The highest BCUT2D eigenvalue weighted by atomic mass is 32.2. The van der Waals surface area contributed by atoms with Gasteiger partial charge in [-0.15, -0.1) is 0 Å². The van der Waals surface area contributed by atoms with Gasteiger partial charge in [-0.2, -0.15) is 0 Å². The van der Waals surface area contributed by atoms with E-state index >= 15 is 0 Å². The fourth-order valence-electron chi connectivity index (χ4n) is 3.17. The SMILES string of the molecule is CCCCCCCCCCCC[N+](C)(C)CC(=O)[O-].C[N+](C)(C)CCCS(=O)(=O)[O-]. The van der Waals surface area contributed by atoms with Crippen LogP contribution < -0.4 is 5.11 Å². The summed E-state index contributed by atoms with van der Waals surface area (Å²) in [6.07, 6.45) is 13.6. The molecule has 0 fully saturated rings. The highest BCUT2D eigenvalue weighted by molar-refractivity contribution is 7.85. The van der Waals surface area contributed by atoms with Crippen LogP contribution in [-0.2, 0) is 14.9 Å². The lowest BCUT2D eigenvalue weighted by molar-refractivity contribution is -0.885. The van der Waals surface area contributed by atoms with Crippen LogP contribution >= 0.6 is 0 Å². The van der Waals surface area contributed by atoms with Crippen LogP contribution in [0.2, 0.25) is 0 Å². The minimum absolute atomic E-state index is 0.122. The van der Waals surface area contributed by atoms with Gasteiger partial charge in [0.15, 0.2) is 0 Å². The summed E-state index contributed by atoms with van der Waals surface area (Å²) in [5, 5.41) is 10.6. The highest BCUT2D eigenvalue weighted by Crippen LogP contribution is 2.11. The molecular formula is C22H48N2O5S. The Hall–Kier alpha value is -0.700. The summed E-state index contributed by atoms with van der Waals surface area (Å²) in [5.74, 6) is -1.19. The third-order valence-electron chi connectivity index (χ3n) is 4.90. The quantitative estimate of drug-likeness (QED) is 0.192. The minimum Gasteiger partial charge on any atom is -0.748 e. The number of rotatable bonds is 17. The zero-order valence-electron chi connectivity index (χ0n) is 20.5. The second-order valence-electron chi connectivity index (χ2n) is 10.0. The summed E-state index contributed by atoms with van der Waals surface area (Å²) in [6, 6.07) is 0.